The molecular weight excluding hydrogens is 181 g/mol. The Hall–Kier alpha value is -1.22. The Bertz CT molecular complexity index is 301. The molecule has 1 atom stereocenters. The van der Waals surface area contributed by atoms with Gasteiger partial charge < -0.3 is 5.11 Å². The standard InChI is InChI=1S/C11H14FNO/c1-2-3-4-7-10(14)11-9(12)6-5-8-13-11/h2,5-6,8,10,14H,1,3-4,7H2. The highest BCUT2D eigenvalue weighted by Gasteiger charge is 2.12. The zero-order valence-electron chi connectivity index (χ0n) is 7.99. The van der Waals surface area contributed by atoms with E-state index in [-0.39, 0.29) is 5.69 Å². The first-order chi connectivity index (χ1) is 6.75. The van der Waals surface area contributed by atoms with Crippen LogP contribution in [0.4, 0.5) is 4.39 Å². The van der Waals surface area contributed by atoms with Crippen LogP contribution in [0.1, 0.15) is 31.1 Å². The summed E-state index contributed by atoms with van der Waals surface area (Å²) in [5.74, 6) is -0.446. The highest BCUT2D eigenvalue weighted by atomic mass is 19.1. The minimum absolute atomic E-state index is 0.136. The summed E-state index contributed by atoms with van der Waals surface area (Å²) in [4.78, 5) is 3.81. The minimum atomic E-state index is -0.809. The smallest absolute Gasteiger partial charge is 0.147 e. The number of aliphatic hydroxyl groups excluding tert-OH is 1. The number of hydrogen-bond donors (Lipinski definition) is 1. The van der Waals surface area contributed by atoms with Crippen molar-refractivity contribution in [3.05, 3.63) is 42.5 Å². The van der Waals surface area contributed by atoms with Gasteiger partial charge in [-0.05, 0) is 31.4 Å². The van der Waals surface area contributed by atoms with Gasteiger partial charge in [-0.25, -0.2) is 4.39 Å². The molecule has 0 aliphatic heterocycles. The Labute approximate surface area is 83.1 Å². The van der Waals surface area contributed by atoms with E-state index in [0.29, 0.717) is 6.42 Å². The zero-order chi connectivity index (χ0) is 10.4. The summed E-state index contributed by atoms with van der Waals surface area (Å²) in [6, 6.07) is 2.81. The van der Waals surface area contributed by atoms with Gasteiger partial charge >= 0.3 is 0 Å². The van der Waals surface area contributed by atoms with Crippen molar-refractivity contribution in [3.63, 3.8) is 0 Å². The van der Waals surface area contributed by atoms with Gasteiger partial charge in [0.05, 0.1) is 6.10 Å². The van der Waals surface area contributed by atoms with Gasteiger partial charge in [0.2, 0.25) is 0 Å². The Morgan fingerprint density at radius 3 is 3.07 bits per heavy atom. The van der Waals surface area contributed by atoms with Gasteiger partial charge in [0.15, 0.2) is 0 Å². The molecule has 0 aromatic carbocycles. The maximum Gasteiger partial charge on any atom is 0.147 e. The quantitative estimate of drug-likeness (QED) is 0.578. The summed E-state index contributed by atoms with van der Waals surface area (Å²) >= 11 is 0. The van der Waals surface area contributed by atoms with Crippen molar-refractivity contribution in [2.45, 2.75) is 25.4 Å². The van der Waals surface area contributed by atoms with Crippen molar-refractivity contribution in [2.75, 3.05) is 0 Å². The van der Waals surface area contributed by atoms with Gasteiger partial charge in [-0.2, -0.15) is 0 Å². The normalized spacial score (nSPS) is 12.4. The lowest BCUT2D eigenvalue weighted by atomic mass is 10.1. The highest BCUT2D eigenvalue weighted by molar-refractivity contribution is 5.09. The molecule has 1 aromatic heterocycles. The molecule has 0 aliphatic rings. The van der Waals surface area contributed by atoms with Crippen LogP contribution in [0.5, 0.6) is 0 Å². The summed E-state index contributed by atoms with van der Waals surface area (Å²) in [6.07, 6.45) is 4.58. The van der Waals surface area contributed by atoms with Gasteiger partial charge in [-0.3, -0.25) is 4.98 Å². The number of rotatable bonds is 5. The van der Waals surface area contributed by atoms with Crippen LogP contribution in [0.25, 0.3) is 0 Å². The van der Waals surface area contributed by atoms with Crippen LogP contribution in [-0.2, 0) is 0 Å². The second kappa shape index (κ2) is 5.50. The predicted octanol–water partition coefficient (Wildman–Crippen LogP) is 2.61. The van der Waals surface area contributed by atoms with Crippen LogP contribution in [0.2, 0.25) is 0 Å². The molecule has 0 bridgehead atoms. The third kappa shape index (κ3) is 2.92. The summed E-state index contributed by atoms with van der Waals surface area (Å²) in [6.45, 7) is 3.58. The number of pyridine rings is 1. The molecule has 0 aliphatic carbocycles. The van der Waals surface area contributed by atoms with Crippen LogP contribution in [0.3, 0.4) is 0 Å². The molecule has 1 aromatic rings. The van der Waals surface area contributed by atoms with E-state index in [4.69, 9.17) is 0 Å². The van der Waals surface area contributed by atoms with E-state index in [1.165, 1.54) is 18.3 Å². The van der Waals surface area contributed by atoms with Crippen LogP contribution >= 0.6 is 0 Å². The van der Waals surface area contributed by atoms with Crippen LogP contribution in [-0.4, -0.2) is 10.1 Å². The van der Waals surface area contributed by atoms with Gasteiger partial charge in [-0.1, -0.05) is 6.08 Å². The fourth-order valence-electron chi connectivity index (χ4n) is 1.24. The molecule has 0 radical (unpaired) electrons. The Balaban J connectivity index is 2.55. The number of nitrogens with zero attached hydrogens (tertiary/aromatic N) is 1. The average molecular weight is 195 g/mol. The SMILES string of the molecule is C=CCCCC(O)c1ncccc1F. The first-order valence-electron chi connectivity index (χ1n) is 4.65. The fraction of sp³-hybridized carbons (Fsp3) is 0.364. The van der Waals surface area contributed by atoms with E-state index < -0.39 is 11.9 Å². The number of allylic oxidation sites excluding steroid dienone is 1. The van der Waals surface area contributed by atoms with Gasteiger partial charge in [0.25, 0.3) is 0 Å². The summed E-state index contributed by atoms with van der Waals surface area (Å²) < 4.78 is 13.1. The van der Waals surface area contributed by atoms with Crippen molar-refractivity contribution in [1.82, 2.24) is 4.98 Å². The van der Waals surface area contributed by atoms with E-state index >= 15 is 0 Å². The number of aromatic nitrogens is 1. The molecule has 3 heteroatoms. The molecule has 1 heterocycles. The maximum absolute atomic E-state index is 13.1. The van der Waals surface area contributed by atoms with Crippen LogP contribution in [0.15, 0.2) is 31.0 Å². The van der Waals surface area contributed by atoms with Crippen molar-refractivity contribution < 1.29 is 9.50 Å². The second-order valence-corrected chi connectivity index (χ2v) is 3.11. The van der Waals surface area contributed by atoms with E-state index in [9.17, 15) is 9.50 Å². The fourth-order valence-corrected chi connectivity index (χ4v) is 1.24. The van der Waals surface area contributed by atoms with E-state index in [1.807, 2.05) is 0 Å². The molecule has 0 amide bonds. The molecule has 2 nitrogen and oxygen atoms in total. The van der Waals surface area contributed by atoms with Crippen LogP contribution < -0.4 is 0 Å². The summed E-state index contributed by atoms with van der Waals surface area (Å²) in [7, 11) is 0. The average Bonchev–Trinajstić information content (AvgIpc) is 2.18. The largest absolute Gasteiger partial charge is 0.387 e. The highest BCUT2D eigenvalue weighted by Crippen LogP contribution is 2.19. The minimum Gasteiger partial charge on any atom is -0.387 e. The number of hydrogen-bond acceptors (Lipinski definition) is 2. The van der Waals surface area contributed by atoms with Crippen LogP contribution in [0, 0.1) is 5.82 Å². The van der Waals surface area contributed by atoms with Gasteiger partial charge in [0, 0.05) is 6.20 Å². The Morgan fingerprint density at radius 1 is 1.64 bits per heavy atom. The Morgan fingerprint density at radius 2 is 2.43 bits per heavy atom. The first kappa shape index (κ1) is 10.9. The molecule has 1 rings (SSSR count). The monoisotopic (exact) mass is 195 g/mol. The lowest BCUT2D eigenvalue weighted by Gasteiger charge is -2.09. The molecule has 0 fully saturated rings. The van der Waals surface area contributed by atoms with E-state index in [2.05, 4.69) is 11.6 Å². The summed E-state index contributed by atoms with van der Waals surface area (Å²) in [5, 5.41) is 9.59. The van der Waals surface area contributed by atoms with Gasteiger partial charge in [-0.15, -0.1) is 6.58 Å². The molecule has 0 saturated carbocycles. The molecule has 0 saturated heterocycles. The maximum atomic E-state index is 13.1. The van der Waals surface area contributed by atoms with E-state index in [1.54, 1.807) is 6.08 Å². The molecule has 76 valence electrons. The Kier molecular flexibility index (Phi) is 4.26. The van der Waals surface area contributed by atoms with Gasteiger partial charge in [0.1, 0.15) is 11.5 Å². The third-order valence-corrected chi connectivity index (χ3v) is 1.99. The van der Waals surface area contributed by atoms with E-state index in [0.717, 1.165) is 12.8 Å². The van der Waals surface area contributed by atoms with Crippen molar-refractivity contribution >= 4 is 0 Å². The number of halogens is 1. The van der Waals surface area contributed by atoms with Crippen molar-refractivity contribution in [1.29, 1.82) is 0 Å². The molecule has 0 spiro atoms. The lowest BCUT2D eigenvalue weighted by Crippen LogP contribution is -2.03. The molecule has 14 heavy (non-hydrogen) atoms. The zero-order valence-corrected chi connectivity index (χ0v) is 7.99. The number of aliphatic hydroxyl groups is 1. The molecule has 1 unspecified atom stereocenters. The lowest BCUT2D eigenvalue weighted by molar-refractivity contribution is 0.155. The first-order valence-corrected chi connectivity index (χ1v) is 4.65. The predicted molar refractivity (Wildman–Crippen MR) is 53.2 cm³/mol. The summed E-state index contributed by atoms with van der Waals surface area (Å²) in [5.41, 5.74) is 0.136. The molecule has 1 N–H and O–H groups in total. The molecular formula is C11H14FNO. The van der Waals surface area contributed by atoms with Crippen molar-refractivity contribution in [3.8, 4) is 0 Å². The van der Waals surface area contributed by atoms with Crippen molar-refractivity contribution in [2.24, 2.45) is 0 Å². The number of unbranched alkanes of at least 4 members (excludes halogenated alkanes) is 1. The third-order valence-electron chi connectivity index (χ3n) is 1.99. The topological polar surface area (TPSA) is 33.1 Å². The second-order valence-electron chi connectivity index (χ2n) is 3.11.